The van der Waals surface area contributed by atoms with Crippen LogP contribution in [0.2, 0.25) is 0 Å². The first-order valence-corrected chi connectivity index (χ1v) is 6.53. The van der Waals surface area contributed by atoms with Crippen LogP contribution in [-0.4, -0.2) is 5.75 Å². The van der Waals surface area contributed by atoms with E-state index in [4.69, 9.17) is 5.26 Å². The second-order valence-electron chi connectivity index (χ2n) is 3.81. The van der Waals surface area contributed by atoms with Crippen molar-refractivity contribution in [3.05, 3.63) is 0 Å². The molecule has 0 heterocycles. The minimum absolute atomic E-state index is 0.738. The van der Waals surface area contributed by atoms with Gasteiger partial charge in [-0.1, -0.05) is 44.9 Å². The third-order valence-corrected chi connectivity index (χ3v) is 2.76. The molecule has 0 amide bonds. The Morgan fingerprint density at radius 1 is 0.714 bits per heavy atom. The van der Waals surface area contributed by atoms with Gasteiger partial charge in [-0.2, -0.15) is 17.9 Å². The molecule has 0 aliphatic carbocycles. The minimum Gasteiger partial charge on any atom is -0.198 e. The molecule has 0 saturated heterocycles. The molecule has 0 N–H and O–H groups in total. The van der Waals surface area contributed by atoms with Gasteiger partial charge in [-0.05, 0) is 18.6 Å². The van der Waals surface area contributed by atoms with E-state index in [2.05, 4.69) is 18.7 Å². The van der Waals surface area contributed by atoms with Gasteiger partial charge in [-0.25, -0.2) is 0 Å². The van der Waals surface area contributed by atoms with E-state index in [0.717, 1.165) is 18.6 Å². The summed E-state index contributed by atoms with van der Waals surface area (Å²) in [5, 5.41) is 8.33. The summed E-state index contributed by atoms with van der Waals surface area (Å²) in [4.78, 5) is 0. The van der Waals surface area contributed by atoms with E-state index in [1.54, 1.807) is 0 Å². The van der Waals surface area contributed by atoms with Crippen LogP contribution in [-0.2, 0) is 0 Å². The van der Waals surface area contributed by atoms with Gasteiger partial charge < -0.3 is 0 Å². The van der Waals surface area contributed by atoms with E-state index in [1.807, 2.05) is 0 Å². The zero-order chi connectivity index (χ0) is 10.5. The van der Waals surface area contributed by atoms with Crippen molar-refractivity contribution in [2.45, 2.75) is 64.2 Å². The Morgan fingerprint density at radius 2 is 1.14 bits per heavy atom. The van der Waals surface area contributed by atoms with Gasteiger partial charge in [0.2, 0.25) is 0 Å². The molecular formula is C12H23NS. The predicted octanol–water partition coefficient (Wildman–Crippen LogP) is 4.34. The van der Waals surface area contributed by atoms with Gasteiger partial charge >= 0.3 is 0 Å². The van der Waals surface area contributed by atoms with E-state index in [9.17, 15) is 0 Å². The smallest absolute Gasteiger partial charge is 0.0621 e. The van der Waals surface area contributed by atoms with Crippen molar-refractivity contribution in [3.8, 4) is 6.07 Å². The van der Waals surface area contributed by atoms with Gasteiger partial charge in [-0.3, -0.25) is 0 Å². The Bertz CT molecular complexity index is 140. The molecule has 0 aliphatic rings. The number of unbranched alkanes of at least 4 members (excludes halogenated alkanes) is 9. The molecule has 0 aromatic rings. The van der Waals surface area contributed by atoms with E-state index in [0.29, 0.717) is 0 Å². The maximum atomic E-state index is 8.33. The van der Waals surface area contributed by atoms with E-state index in [1.165, 1.54) is 51.4 Å². The predicted molar refractivity (Wildman–Crippen MR) is 65.6 cm³/mol. The Kier molecular flexibility index (Phi) is 12.7. The van der Waals surface area contributed by atoms with Crippen LogP contribution in [0.5, 0.6) is 0 Å². The molecule has 0 bridgehead atoms. The lowest BCUT2D eigenvalue weighted by molar-refractivity contribution is 0.568. The van der Waals surface area contributed by atoms with E-state index < -0.39 is 0 Å². The summed E-state index contributed by atoms with van der Waals surface area (Å²) in [7, 11) is 0. The fourth-order valence-electron chi connectivity index (χ4n) is 1.55. The normalized spacial score (nSPS) is 10.0. The summed E-state index contributed by atoms with van der Waals surface area (Å²) >= 11 is 4.19. The lowest BCUT2D eigenvalue weighted by atomic mass is 10.1. The summed E-state index contributed by atoms with van der Waals surface area (Å²) in [6.45, 7) is 0. The molecule has 0 radical (unpaired) electrons. The number of thiol groups is 1. The molecule has 0 spiro atoms. The molecule has 0 aromatic carbocycles. The molecule has 14 heavy (non-hydrogen) atoms. The Balaban J connectivity index is 2.82. The molecule has 0 fully saturated rings. The van der Waals surface area contributed by atoms with Crippen molar-refractivity contribution in [1.29, 1.82) is 5.26 Å². The highest BCUT2D eigenvalue weighted by Gasteiger charge is 1.91. The highest BCUT2D eigenvalue weighted by molar-refractivity contribution is 7.80. The third-order valence-electron chi connectivity index (χ3n) is 2.45. The fourth-order valence-corrected chi connectivity index (χ4v) is 1.78. The van der Waals surface area contributed by atoms with Gasteiger partial charge in [0, 0.05) is 6.42 Å². The minimum atomic E-state index is 0.738. The highest BCUT2D eigenvalue weighted by Crippen LogP contribution is 2.10. The number of nitriles is 1. The molecule has 0 rings (SSSR count). The van der Waals surface area contributed by atoms with Crippen LogP contribution in [0.25, 0.3) is 0 Å². The van der Waals surface area contributed by atoms with Crippen molar-refractivity contribution >= 4 is 12.6 Å². The van der Waals surface area contributed by atoms with E-state index in [-0.39, 0.29) is 0 Å². The molecule has 0 aliphatic heterocycles. The van der Waals surface area contributed by atoms with Crippen molar-refractivity contribution in [2.75, 3.05) is 5.75 Å². The van der Waals surface area contributed by atoms with Crippen LogP contribution in [0.15, 0.2) is 0 Å². The highest BCUT2D eigenvalue weighted by atomic mass is 32.1. The molecule has 0 unspecified atom stereocenters. The SMILES string of the molecule is N#CCCCCCCCCCCCS. The molecular weight excluding hydrogens is 190 g/mol. The van der Waals surface area contributed by atoms with Crippen LogP contribution in [0.3, 0.4) is 0 Å². The molecule has 1 nitrogen and oxygen atoms in total. The number of rotatable bonds is 10. The number of nitrogens with zero attached hydrogens (tertiary/aromatic N) is 1. The maximum absolute atomic E-state index is 8.33. The molecule has 2 heteroatoms. The number of hydrogen-bond donors (Lipinski definition) is 1. The fraction of sp³-hybridized carbons (Fsp3) is 0.917. The summed E-state index contributed by atoms with van der Waals surface area (Å²) in [5.74, 6) is 1.04. The Hall–Kier alpha value is -0.160. The van der Waals surface area contributed by atoms with Gasteiger partial charge in [0.25, 0.3) is 0 Å². The average molecular weight is 213 g/mol. The van der Waals surface area contributed by atoms with E-state index >= 15 is 0 Å². The zero-order valence-electron chi connectivity index (χ0n) is 9.17. The third kappa shape index (κ3) is 11.8. The Morgan fingerprint density at radius 3 is 1.57 bits per heavy atom. The van der Waals surface area contributed by atoms with Crippen LogP contribution in [0.1, 0.15) is 64.2 Å². The van der Waals surface area contributed by atoms with Crippen molar-refractivity contribution < 1.29 is 0 Å². The monoisotopic (exact) mass is 213 g/mol. The lowest BCUT2D eigenvalue weighted by Crippen LogP contribution is -1.82. The number of hydrogen-bond acceptors (Lipinski definition) is 2. The molecule has 0 saturated carbocycles. The molecule has 0 aromatic heterocycles. The van der Waals surface area contributed by atoms with Crippen LogP contribution < -0.4 is 0 Å². The topological polar surface area (TPSA) is 23.8 Å². The summed E-state index contributed by atoms with van der Waals surface area (Å²) in [6, 6.07) is 2.19. The first kappa shape index (κ1) is 13.8. The largest absolute Gasteiger partial charge is 0.198 e. The quantitative estimate of drug-likeness (QED) is 0.423. The maximum Gasteiger partial charge on any atom is 0.0621 e. The lowest BCUT2D eigenvalue weighted by Gasteiger charge is -2.00. The summed E-state index contributed by atoms with van der Waals surface area (Å²) in [5.41, 5.74) is 0. The van der Waals surface area contributed by atoms with Crippen LogP contribution in [0.4, 0.5) is 0 Å². The molecule has 0 atom stereocenters. The Labute approximate surface area is 94.3 Å². The zero-order valence-corrected chi connectivity index (χ0v) is 10.1. The van der Waals surface area contributed by atoms with Gasteiger partial charge in [0.15, 0.2) is 0 Å². The second kappa shape index (κ2) is 12.8. The summed E-state index contributed by atoms with van der Waals surface area (Å²) in [6.07, 6.45) is 12.5. The van der Waals surface area contributed by atoms with Crippen molar-refractivity contribution in [2.24, 2.45) is 0 Å². The van der Waals surface area contributed by atoms with Crippen molar-refractivity contribution in [1.82, 2.24) is 0 Å². The summed E-state index contributed by atoms with van der Waals surface area (Å²) < 4.78 is 0. The first-order valence-electron chi connectivity index (χ1n) is 5.89. The second-order valence-corrected chi connectivity index (χ2v) is 4.26. The van der Waals surface area contributed by atoms with Crippen LogP contribution >= 0.6 is 12.6 Å². The average Bonchev–Trinajstić information content (AvgIpc) is 2.21. The molecule has 82 valence electrons. The standard InChI is InChI=1S/C12H23NS/c13-11-9-7-5-3-1-2-4-6-8-10-12-14/h14H,1-10,12H2. The van der Waals surface area contributed by atoms with Gasteiger partial charge in [0.1, 0.15) is 0 Å². The van der Waals surface area contributed by atoms with Gasteiger partial charge in [-0.15, -0.1) is 0 Å². The van der Waals surface area contributed by atoms with Gasteiger partial charge in [0.05, 0.1) is 6.07 Å². The van der Waals surface area contributed by atoms with Crippen LogP contribution in [0, 0.1) is 11.3 Å². The first-order chi connectivity index (χ1) is 6.91. The van der Waals surface area contributed by atoms with Crippen molar-refractivity contribution in [3.63, 3.8) is 0 Å².